The highest BCUT2D eigenvalue weighted by molar-refractivity contribution is 5.99. The van der Waals surface area contributed by atoms with E-state index in [9.17, 15) is 4.79 Å². The van der Waals surface area contributed by atoms with Crippen molar-refractivity contribution in [3.8, 4) is 17.2 Å². The van der Waals surface area contributed by atoms with E-state index in [1.54, 1.807) is 37.4 Å². The van der Waals surface area contributed by atoms with Crippen LogP contribution in [0.25, 0.3) is 0 Å². The van der Waals surface area contributed by atoms with Crippen LogP contribution in [0.4, 0.5) is 5.69 Å². The molecule has 2 unspecified atom stereocenters. The van der Waals surface area contributed by atoms with Crippen molar-refractivity contribution in [3.05, 3.63) is 48.5 Å². The zero-order valence-electron chi connectivity index (χ0n) is 16.8. The van der Waals surface area contributed by atoms with E-state index >= 15 is 0 Å². The number of ether oxygens (including phenoxy) is 3. The van der Waals surface area contributed by atoms with Gasteiger partial charge in [-0.15, -0.1) is 0 Å². The molecule has 1 aliphatic carbocycles. The zero-order chi connectivity index (χ0) is 20.4. The Hall–Kier alpha value is -2.57. The summed E-state index contributed by atoms with van der Waals surface area (Å²) in [4.78, 5) is 12.8. The Morgan fingerprint density at radius 3 is 2.43 bits per heavy atom. The Labute approximate surface area is 166 Å². The first kappa shape index (κ1) is 20.2. The Morgan fingerprint density at radius 1 is 1.14 bits per heavy atom. The van der Waals surface area contributed by atoms with Crippen molar-refractivity contribution in [2.24, 2.45) is 11.1 Å². The second-order valence-corrected chi connectivity index (χ2v) is 7.60. The van der Waals surface area contributed by atoms with Gasteiger partial charge < -0.3 is 25.3 Å². The number of anilines is 1. The molecule has 0 aromatic heterocycles. The summed E-state index contributed by atoms with van der Waals surface area (Å²) in [5.74, 6) is 1.86. The molecule has 28 heavy (non-hydrogen) atoms. The highest BCUT2D eigenvalue weighted by Gasteiger charge is 2.62. The molecule has 1 amide bonds. The lowest BCUT2D eigenvalue weighted by atomic mass is 9.54. The van der Waals surface area contributed by atoms with Gasteiger partial charge in [0.15, 0.2) is 0 Å². The fourth-order valence-electron chi connectivity index (χ4n) is 3.47. The summed E-state index contributed by atoms with van der Waals surface area (Å²) in [5, 5.41) is 2.92. The third-order valence-electron chi connectivity index (χ3n) is 5.62. The second kappa shape index (κ2) is 7.81. The minimum Gasteiger partial charge on any atom is -0.497 e. The molecule has 0 spiro atoms. The molecule has 2 aromatic carbocycles. The van der Waals surface area contributed by atoms with Crippen molar-refractivity contribution in [3.63, 3.8) is 0 Å². The van der Waals surface area contributed by atoms with Crippen molar-refractivity contribution >= 4 is 11.6 Å². The van der Waals surface area contributed by atoms with E-state index in [4.69, 9.17) is 19.9 Å². The molecule has 1 aliphatic rings. The summed E-state index contributed by atoms with van der Waals surface area (Å²) in [7, 11) is 1.61. The van der Waals surface area contributed by atoms with Crippen molar-refractivity contribution in [1.82, 2.24) is 0 Å². The van der Waals surface area contributed by atoms with Gasteiger partial charge in [-0.3, -0.25) is 4.79 Å². The van der Waals surface area contributed by atoms with Crippen LogP contribution in [0.3, 0.4) is 0 Å². The van der Waals surface area contributed by atoms with E-state index in [0.717, 1.165) is 5.75 Å². The molecule has 1 saturated carbocycles. The van der Waals surface area contributed by atoms with E-state index in [-0.39, 0.29) is 12.0 Å². The Bertz CT molecular complexity index is 835. The van der Waals surface area contributed by atoms with Gasteiger partial charge in [-0.25, -0.2) is 0 Å². The summed E-state index contributed by atoms with van der Waals surface area (Å²) in [6.45, 7) is 6.51. The Balaban J connectivity index is 1.63. The number of rotatable bonds is 7. The third kappa shape index (κ3) is 3.70. The minimum atomic E-state index is -0.956. The molecule has 2 aromatic rings. The number of benzene rings is 2. The molecule has 3 N–H and O–H groups in total. The fourth-order valence-corrected chi connectivity index (χ4v) is 3.47. The standard InChI is InChI=1S/C22H28N2O4/c1-5-27-19-14-22(23,21(19,2)3)20(25)24-15-9-11-16(12-10-15)28-18-8-6-7-17(13-18)26-4/h6-13,19H,5,14,23H2,1-4H3,(H,24,25). The maximum Gasteiger partial charge on any atom is 0.245 e. The maximum atomic E-state index is 12.8. The number of hydrogen-bond donors (Lipinski definition) is 2. The van der Waals surface area contributed by atoms with Crippen LogP contribution in [0.15, 0.2) is 48.5 Å². The Kier molecular flexibility index (Phi) is 5.63. The van der Waals surface area contributed by atoms with Gasteiger partial charge in [0.2, 0.25) is 5.91 Å². The van der Waals surface area contributed by atoms with Gasteiger partial charge in [0.05, 0.1) is 13.2 Å². The summed E-state index contributed by atoms with van der Waals surface area (Å²) < 4.78 is 16.7. The molecule has 0 aliphatic heterocycles. The molecule has 0 radical (unpaired) electrons. The molecule has 2 atom stereocenters. The number of hydrogen-bond acceptors (Lipinski definition) is 5. The normalized spacial score (nSPS) is 22.8. The van der Waals surface area contributed by atoms with Gasteiger partial charge in [-0.05, 0) is 43.3 Å². The second-order valence-electron chi connectivity index (χ2n) is 7.60. The molecule has 1 fully saturated rings. The number of nitrogens with two attached hydrogens (primary N) is 1. The highest BCUT2D eigenvalue weighted by Crippen LogP contribution is 2.50. The molecule has 6 nitrogen and oxygen atoms in total. The number of nitrogens with one attached hydrogen (secondary N) is 1. The van der Waals surface area contributed by atoms with Crippen LogP contribution in [-0.2, 0) is 9.53 Å². The lowest BCUT2D eigenvalue weighted by Gasteiger charge is -2.57. The molecule has 3 rings (SSSR count). The Morgan fingerprint density at radius 2 is 1.82 bits per heavy atom. The topological polar surface area (TPSA) is 82.8 Å². The van der Waals surface area contributed by atoms with Gasteiger partial charge in [0.1, 0.15) is 22.8 Å². The van der Waals surface area contributed by atoms with Gasteiger partial charge in [-0.2, -0.15) is 0 Å². The third-order valence-corrected chi connectivity index (χ3v) is 5.62. The average Bonchev–Trinajstić information content (AvgIpc) is 2.69. The quantitative estimate of drug-likeness (QED) is 0.755. The molecule has 150 valence electrons. The lowest BCUT2D eigenvalue weighted by molar-refractivity contribution is -0.166. The molecule has 0 heterocycles. The lowest BCUT2D eigenvalue weighted by Crippen LogP contribution is -2.74. The van der Waals surface area contributed by atoms with Gasteiger partial charge in [0.25, 0.3) is 0 Å². The molecule has 6 heteroatoms. The van der Waals surface area contributed by atoms with Crippen molar-refractivity contribution in [2.75, 3.05) is 19.0 Å². The molecular formula is C22H28N2O4. The van der Waals surface area contributed by atoms with Crippen molar-refractivity contribution in [1.29, 1.82) is 0 Å². The van der Waals surface area contributed by atoms with E-state index in [1.165, 1.54) is 0 Å². The van der Waals surface area contributed by atoms with Gasteiger partial charge in [0, 0.05) is 30.2 Å². The summed E-state index contributed by atoms with van der Waals surface area (Å²) in [6, 6.07) is 14.6. The van der Waals surface area contributed by atoms with Crippen molar-refractivity contribution in [2.45, 2.75) is 38.8 Å². The zero-order valence-corrected chi connectivity index (χ0v) is 16.8. The monoisotopic (exact) mass is 384 g/mol. The first-order chi connectivity index (χ1) is 13.3. The molecule has 0 bridgehead atoms. The van der Waals surface area contributed by atoms with E-state index < -0.39 is 11.0 Å². The van der Waals surface area contributed by atoms with Gasteiger partial charge in [-0.1, -0.05) is 19.9 Å². The van der Waals surface area contributed by atoms with Crippen LogP contribution in [0, 0.1) is 5.41 Å². The number of amides is 1. The molecule has 0 saturated heterocycles. The predicted molar refractivity (Wildman–Crippen MR) is 109 cm³/mol. The summed E-state index contributed by atoms with van der Waals surface area (Å²) in [5.41, 5.74) is 5.71. The van der Waals surface area contributed by atoms with Crippen LogP contribution >= 0.6 is 0 Å². The average molecular weight is 384 g/mol. The summed E-state index contributed by atoms with van der Waals surface area (Å²) in [6.07, 6.45) is 0.503. The first-order valence-corrected chi connectivity index (χ1v) is 9.44. The number of methoxy groups -OCH3 is 1. The van der Waals surface area contributed by atoms with Gasteiger partial charge >= 0.3 is 0 Å². The van der Waals surface area contributed by atoms with Crippen LogP contribution in [0.2, 0.25) is 0 Å². The largest absolute Gasteiger partial charge is 0.497 e. The van der Waals surface area contributed by atoms with Crippen molar-refractivity contribution < 1.29 is 19.0 Å². The fraction of sp³-hybridized carbons (Fsp3) is 0.409. The van der Waals surface area contributed by atoms with E-state index in [2.05, 4.69) is 5.32 Å². The minimum absolute atomic E-state index is 0.00751. The summed E-state index contributed by atoms with van der Waals surface area (Å²) >= 11 is 0. The number of carbonyl (C=O) groups excluding carboxylic acids is 1. The van der Waals surface area contributed by atoms with Crippen LogP contribution in [0.1, 0.15) is 27.2 Å². The number of carbonyl (C=O) groups is 1. The van der Waals surface area contributed by atoms with E-state index in [1.807, 2.05) is 39.0 Å². The predicted octanol–water partition coefficient (Wildman–Crippen LogP) is 3.96. The van der Waals surface area contributed by atoms with E-state index in [0.29, 0.717) is 30.2 Å². The smallest absolute Gasteiger partial charge is 0.245 e. The van der Waals surface area contributed by atoms with Crippen LogP contribution < -0.4 is 20.5 Å². The highest BCUT2D eigenvalue weighted by atomic mass is 16.5. The van der Waals surface area contributed by atoms with Crippen LogP contribution in [0.5, 0.6) is 17.2 Å². The first-order valence-electron chi connectivity index (χ1n) is 9.44. The maximum absolute atomic E-state index is 12.8. The van der Waals surface area contributed by atoms with Crippen LogP contribution in [-0.4, -0.2) is 31.3 Å². The SMILES string of the molecule is CCOC1CC(N)(C(=O)Nc2ccc(Oc3cccc(OC)c3)cc2)C1(C)C. The molecular weight excluding hydrogens is 356 g/mol.